The summed E-state index contributed by atoms with van der Waals surface area (Å²) in [6.07, 6.45) is 3.77. The van der Waals surface area contributed by atoms with E-state index in [1.165, 1.54) is 34.8 Å². The maximum atomic E-state index is 5.39. The van der Waals surface area contributed by atoms with Crippen LogP contribution < -0.4 is 9.47 Å². The third kappa shape index (κ3) is 4.52. The summed E-state index contributed by atoms with van der Waals surface area (Å²) in [5.74, 6) is 1.58. The average molecular weight is 304 g/mol. The van der Waals surface area contributed by atoms with Crippen LogP contribution in [-0.2, 0) is 6.42 Å². The van der Waals surface area contributed by atoms with E-state index in [1.807, 2.05) is 24.3 Å². The Kier molecular flexibility index (Phi) is 5.66. The van der Waals surface area contributed by atoms with Crippen molar-refractivity contribution in [2.75, 3.05) is 0 Å². The number of hydrogen-bond acceptors (Lipinski definition) is 2. The highest BCUT2D eigenvalue weighted by Gasteiger charge is 2.06. The molecule has 0 aromatic heterocycles. The summed E-state index contributed by atoms with van der Waals surface area (Å²) in [7, 11) is 0. The molecule has 0 saturated carbocycles. The van der Waals surface area contributed by atoms with Crippen LogP contribution in [0.4, 0.5) is 0 Å². The van der Waals surface area contributed by atoms with Gasteiger partial charge in [-0.3, -0.25) is 0 Å². The maximum Gasteiger partial charge on any atom is 0.133 e. The number of hydrogen-bond donors (Lipinski definition) is 0. The van der Waals surface area contributed by atoms with Gasteiger partial charge in [0, 0.05) is 0 Å². The molecule has 0 bridgehead atoms. The first kappa shape index (κ1) is 16.5. The number of rotatable bonds is 6. The molecule has 0 N–H and O–H groups in total. The quantitative estimate of drug-likeness (QED) is 0.536. The topological polar surface area (TPSA) is 18.5 Å². The molecule has 2 rings (SSSR count). The van der Waals surface area contributed by atoms with Crippen molar-refractivity contribution >= 4 is 0 Å². The smallest absolute Gasteiger partial charge is 0.133 e. The van der Waals surface area contributed by atoms with Crippen molar-refractivity contribution in [3.05, 3.63) is 95.8 Å². The molecule has 2 aromatic carbocycles. The van der Waals surface area contributed by atoms with Gasteiger partial charge >= 0.3 is 0 Å². The van der Waals surface area contributed by atoms with Crippen LogP contribution in [0.1, 0.15) is 22.3 Å². The van der Waals surface area contributed by atoms with Gasteiger partial charge in [0.05, 0.1) is 0 Å². The minimum Gasteiger partial charge on any atom is -0.457 e. The van der Waals surface area contributed by atoms with Gasteiger partial charge < -0.3 is 9.47 Å². The van der Waals surface area contributed by atoms with E-state index >= 15 is 0 Å². The molecular formula is C21H20O2. The van der Waals surface area contributed by atoms with E-state index in [9.17, 15) is 0 Å². The maximum absolute atomic E-state index is 5.39. The Morgan fingerprint density at radius 1 is 0.826 bits per heavy atom. The second-order valence-electron chi connectivity index (χ2n) is 5.23. The predicted octanol–water partition coefficient (Wildman–Crippen LogP) is 5.25. The zero-order valence-electron chi connectivity index (χ0n) is 13.6. The Morgan fingerprint density at radius 3 is 1.61 bits per heavy atom. The summed E-state index contributed by atoms with van der Waals surface area (Å²) in [5.41, 5.74) is 10.1. The van der Waals surface area contributed by atoms with Crippen LogP contribution in [0.15, 0.2) is 73.5 Å². The molecule has 23 heavy (non-hydrogen) atoms. The summed E-state index contributed by atoms with van der Waals surface area (Å²) in [5, 5.41) is 0. The molecule has 0 amide bonds. The Hall–Kier alpha value is -2.92. The van der Waals surface area contributed by atoms with Crippen molar-refractivity contribution in [3.8, 4) is 11.5 Å². The van der Waals surface area contributed by atoms with E-state index in [1.54, 1.807) is 0 Å². The van der Waals surface area contributed by atoms with Gasteiger partial charge in [0.25, 0.3) is 0 Å². The van der Waals surface area contributed by atoms with Crippen LogP contribution in [0.3, 0.4) is 0 Å². The van der Waals surface area contributed by atoms with E-state index in [0.717, 1.165) is 17.9 Å². The number of ether oxygens (including phenoxy) is 2. The molecule has 0 radical (unpaired) electrons. The lowest BCUT2D eigenvalue weighted by Crippen LogP contribution is -1.96. The monoisotopic (exact) mass is 304 g/mol. The molecule has 2 aromatic rings. The zero-order valence-corrected chi connectivity index (χ0v) is 13.6. The zero-order chi connectivity index (χ0) is 16.7. The van der Waals surface area contributed by atoms with Crippen LogP contribution in [0.5, 0.6) is 11.5 Å². The van der Waals surface area contributed by atoms with E-state index in [2.05, 4.69) is 50.6 Å². The molecule has 0 atom stereocenters. The minimum absolute atomic E-state index is 0.791. The van der Waals surface area contributed by atoms with Crippen molar-refractivity contribution in [1.29, 1.82) is 0 Å². The highest BCUT2D eigenvalue weighted by Crippen LogP contribution is 2.24. The average Bonchev–Trinajstić information content (AvgIpc) is 2.55. The molecule has 116 valence electrons. The predicted molar refractivity (Wildman–Crippen MR) is 93.8 cm³/mol. The Bertz CT molecular complexity index is 722. The van der Waals surface area contributed by atoms with Gasteiger partial charge in [-0.2, -0.15) is 0 Å². The largest absolute Gasteiger partial charge is 0.457 e. The van der Waals surface area contributed by atoms with Crippen LogP contribution >= 0.6 is 0 Å². The van der Waals surface area contributed by atoms with E-state index in [4.69, 9.17) is 9.47 Å². The third-order valence-electron chi connectivity index (χ3n) is 3.57. The summed E-state index contributed by atoms with van der Waals surface area (Å²) in [4.78, 5) is 0. The van der Waals surface area contributed by atoms with Crippen LogP contribution in [0, 0.1) is 13.8 Å². The first-order chi connectivity index (χ1) is 11.1. The Balaban J connectivity index is 2.18. The molecule has 2 heteroatoms. The Morgan fingerprint density at radius 2 is 1.26 bits per heavy atom. The normalized spacial score (nSPS) is 9.48. The summed E-state index contributed by atoms with van der Waals surface area (Å²) in [6, 6.07) is 12.1. The van der Waals surface area contributed by atoms with Crippen LogP contribution in [0.25, 0.3) is 0 Å². The van der Waals surface area contributed by atoms with Gasteiger partial charge in [0.2, 0.25) is 0 Å². The first-order valence-electron chi connectivity index (χ1n) is 7.35. The summed E-state index contributed by atoms with van der Waals surface area (Å²) < 4.78 is 10.8. The van der Waals surface area contributed by atoms with Gasteiger partial charge in [0.1, 0.15) is 24.0 Å². The van der Waals surface area contributed by atoms with Crippen molar-refractivity contribution in [1.82, 2.24) is 0 Å². The molecular weight excluding hydrogens is 284 g/mol. The molecule has 0 spiro atoms. The molecule has 0 aliphatic carbocycles. The molecule has 2 nitrogen and oxygen atoms in total. The highest BCUT2D eigenvalue weighted by atomic mass is 16.5. The Labute approximate surface area is 137 Å². The second-order valence-corrected chi connectivity index (χ2v) is 5.23. The van der Waals surface area contributed by atoms with Crippen molar-refractivity contribution < 1.29 is 9.47 Å². The number of benzene rings is 2. The van der Waals surface area contributed by atoms with Gasteiger partial charge in [0.15, 0.2) is 0 Å². The lowest BCUT2D eigenvalue weighted by atomic mass is 9.97. The van der Waals surface area contributed by atoms with Gasteiger partial charge in [-0.15, -0.1) is 0 Å². The van der Waals surface area contributed by atoms with E-state index < -0.39 is 0 Å². The van der Waals surface area contributed by atoms with Crippen molar-refractivity contribution in [3.63, 3.8) is 0 Å². The molecule has 0 aliphatic rings. The number of aryl methyl sites for hydroxylation is 2. The molecule has 0 saturated heterocycles. The molecule has 0 heterocycles. The van der Waals surface area contributed by atoms with Gasteiger partial charge in [-0.25, -0.2) is 0 Å². The summed E-state index contributed by atoms with van der Waals surface area (Å²) >= 11 is 0. The molecule has 0 fully saturated rings. The van der Waals surface area contributed by atoms with Gasteiger partial charge in [-0.1, -0.05) is 36.8 Å². The third-order valence-corrected chi connectivity index (χ3v) is 3.57. The lowest BCUT2D eigenvalue weighted by Gasteiger charge is -2.11. The fourth-order valence-corrected chi connectivity index (χ4v) is 2.30. The first-order valence-corrected chi connectivity index (χ1v) is 7.35. The fourth-order valence-electron chi connectivity index (χ4n) is 2.30. The van der Waals surface area contributed by atoms with Crippen LogP contribution in [0.2, 0.25) is 0 Å². The fraction of sp³-hybridized carbons (Fsp3) is 0.143. The van der Waals surface area contributed by atoms with Crippen LogP contribution in [-0.4, -0.2) is 0 Å². The molecule has 0 aliphatic heterocycles. The SMILES string of the molecule is C=C=COc1ccc(Cc2ccc(OC=C=C)cc2C)c(C)c1. The summed E-state index contributed by atoms with van der Waals surface area (Å²) in [6.45, 7) is 11.1. The standard InChI is InChI=1S/C21H20O2/c1-5-11-22-20-9-7-18(16(3)13-20)15-19-8-10-21(14-17(19)4)23-12-6-2/h7-14H,1-2,15H2,3-4H3. The van der Waals surface area contributed by atoms with E-state index in [-0.39, 0.29) is 0 Å². The highest BCUT2D eigenvalue weighted by molar-refractivity contribution is 5.42. The van der Waals surface area contributed by atoms with Crippen molar-refractivity contribution in [2.24, 2.45) is 0 Å². The molecule has 0 unspecified atom stereocenters. The lowest BCUT2D eigenvalue weighted by molar-refractivity contribution is 0.482. The van der Waals surface area contributed by atoms with Crippen molar-refractivity contribution in [2.45, 2.75) is 20.3 Å². The second kappa shape index (κ2) is 7.91. The minimum atomic E-state index is 0.791. The van der Waals surface area contributed by atoms with E-state index in [0.29, 0.717) is 0 Å². The van der Waals surface area contributed by atoms with Gasteiger partial charge in [-0.05, 0) is 66.8 Å².